The van der Waals surface area contributed by atoms with E-state index in [1.54, 1.807) is 7.11 Å². The van der Waals surface area contributed by atoms with E-state index in [1.165, 1.54) is 5.56 Å². The lowest BCUT2D eigenvalue weighted by molar-refractivity contribution is -0.124. The summed E-state index contributed by atoms with van der Waals surface area (Å²) in [6.07, 6.45) is -2.46. The smallest absolute Gasteiger partial charge is 0.401 e. The Morgan fingerprint density at radius 1 is 1.04 bits per heavy atom. The van der Waals surface area contributed by atoms with Gasteiger partial charge in [0.05, 0.1) is 13.7 Å². The maximum absolute atomic E-state index is 12.5. The summed E-state index contributed by atoms with van der Waals surface area (Å²) in [5, 5.41) is 2.58. The van der Waals surface area contributed by atoms with E-state index in [0.29, 0.717) is 0 Å². The van der Waals surface area contributed by atoms with Crippen LogP contribution in [0.1, 0.15) is 28.2 Å². The highest BCUT2D eigenvalue weighted by Crippen LogP contribution is 2.35. The number of aryl methyl sites for hydroxylation is 2. The lowest BCUT2D eigenvalue weighted by Crippen LogP contribution is -2.32. The molecule has 0 saturated heterocycles. The molecule has 128 valence electrons. The van der Waals surface area contributed by atoms with Gasteiger partial charge in [-0.05, 0) is 47.2 Å². The largest absolute Gasteiger partial charge is 0.497 e. The lowest BCUT2D eigenvalue weighted by Gasteiger charge is -2.22. The lowest BCUT2D eigenvalue weighted by atomic mass is 9.88. The number of hydrogen-bond donors (Lipinski definition) is 1. The highest BCUT2D eigenvalue weighted by Gasteiger charge is 2.28. The number of fused-ring (bicyclic) bond motifs is 2. The van der Waals surface area contributed by atoms with Gasteiger partial charge in [0.1, 0.15) is 5.75 Å². The summed E-state index contributed by atoms with van der Waals surface area (Å²) in [5.74, 6) is 0.689. The average molecular weight is 335 g/mol. The van der Waals surface area contributed by atoms with E-state index in [4.69, 9.17) is 4.74 Å². The van der Waals surface area contributed by atoms with Crippen LogP contribution in [0.3, 0.4) is 0 Å². The van der Waals surface area contributed by atoms with Gasteiger partial charge in [-0.3, -0.25) is 0 Å². The summed E-state index contributed by atoms with van der Waals surface area (Å²) in [6.45, 7) is -0.715. The number of nitrogens with one attached hydrogen (secondary N) is 1. The first-order valence-corrected chi connectivity index (χ1v) is 8.00. The topological polar surface area (TPSA) is 21.3 Å². The van der Waals surface area contributed by atoms with Crippen LogP contribution in [-0.4, -0.2) is 26.4 Å². The maximum Gasteiger partial charge on any atom is 0.401 e. The van der Waals surface area contributed by atoms with Crippen molar-refractivity contribution in [2.45, 2.75) is 24.9 Å². The molecule has 1 unspecified atom stereocenters. The Kier molecular flexibility index (Phi) is 4.81. The van der Waals surface area contributed by atoms with Crippen molar-refractivity contribution >= 4 is 0 Å². The summed E-state index contributed by atoms with van der Waals surface area (Å²) in [4.78, 5) is 0. The molecule has 0 aliphatic heterocycles. The van der Waals surface area contributed by atoms with Crippen LogP contribution in [0.2, 0.25) is 0 Å². The zero-order valence-corrected chi connectivity index (χ0v) is 13.5. The van der Waals surface area contributed by atoms with Crippen molar-refractivity contribution in [2.75, 3.05) is 20.2 Å². The molecule has 0 saturated carbocycles. The van der Waals surface area contributed by atoms with Crippen LogP contribution in [0.4, 0.5) is 13.2 Å². The molecule has 0 bridgehead atoms. The van der Waals surface area contributed by atoms with Gasteiger partial charge in [0.2, 0.25) is 0 Å². The van der Waals surface area contributed by atoms with E-state index in [-0.39, 0.29) is 12.5 Å². The van der Waals surface area contributed by atoms with E-state index in [0.717, 1.165) is 35.3 Å². The van der Waals surface area contributed by atoms with E-state index in [1.807, 2.05) is 36.4 Å². The van der Waals surface area contributed by atoms with E-state index in [2.05, 4.69) is 11.4 Å². The van der Waals surface area contributed by atoms with Crippen molar-refractivity contribution < 1.29 is 17.9 Å². The number of rotatable bonds is 4. The summed E-state index contributed by atoms with van der Waals surface area (Å²) < 4.78 is 42.8. The minimum Gasteiger partial charge on any atom is -0.497 e. The number of benzene rings is 2. The van der Waals surface area contributed by atoms with Crippen LogP contribution < -0.4 is 10.1 Å². The monoisotopic (exact) mass is 335 g/mol. The predicted octanol–water partition coefficient (Wildman–Crippen LogP) is 4.08. The van der Waals surface area contributed by atoms with Crippen LogP contribution in [0.25, 0.3) is 0 Å². The third kappa shape index (κ3) is 3.73. The maximum atomic E-state index is 12.5. The fourth-order valence-corrected chi connectivity index (χ4v) is 3.38. The zero-order valence-electron chi connectivity index (χ0n) is 13.5. The highest BCUT2D eigenvalue weighted by atomic mass is 19.4. The number of ether oxygens (including phenoxy) is 1. The molecule has 1 aliphatic carbocycles. The Bertz CT molecular complexity index is 712. The fourth-order valence-electron chi connectivity index (χ4n) is 3.38. The van der Waals surface area contributed by atoms with Crippen LogP contribution in [0, 0.1) is 0 Å². The molecule has 5 heteroatoms. The molecule has 2 nitrogen and oxygen atoms in total. The Labute approximate surface area is 139 Å². The molecule has 0 amide bonds. The molecule has 3 rings (SSSR count). The molecule has 1 N–H and O–H groups in total. The molecule has 1 aliphatic rings. The first kappa shape index (κ1) is 16.8. The second-order valence-corrected chi connectivity index (χ2v) is 6.06. The molecular formula is C19H20F3NO. The molecule has 0 aromatic heterocycles. The van der Waals surface area contributed by atoms with Crippen molar-refractivity contribution in [1.29, 1.82) is 0 Å². The molecule has 0 radical (unpaired) electrons. The van der Waals surface area contributed by atoms with Gasteiger partial charge in [0, 0.05) is 12.5 Å². The molecule has 24 heavy (non-hydrogen) atoms. The van der Waals surface area contributed by atoms with Crippen LogP contribution >= 0.6 is 0 Å². The van der Waals surface area contributed by atoms with E-state index < -0.39 is 12.7 Å². The molecule has 0 fully saturated rings. The van der Waals surface area contributed by atoms with Crippen molar-refractivity contribution in [3.8, 4) is 5.75 Å². The molecule has 1 atom stereocenters. The average Bonchev–Trinajstić information content (AvgIpc) is 2.71. The minimum absolute atomic E-state index is 0.0908. The Balaban J connectivity index is 1.95. The SMILES string of the molecule is COc1ccc2c(c1)CCc1ccccc1C2CNCC(F)(F)F. The Morgan fingerprint density at radius 3 is 2.50 bits per heavy atom. The minimum atomic E-state index is -4.20. The van der Waals surface area contributed by atoms with Gasteiger partial charge in [-0.1, -0.05) is 30.3 Å². The second-order valence-electron chi connectivity index (χ2n) is 6.06. The molecule has 2 aromatic rings. The number of alkyl halides is 3. The van der Waals surface area contributed by atoms with Gasteiger partial charge in [0.15, 0.2) is 0 Å². The standard InChI is InChI=1S/C19H20F3NO/c1-24-15-8-9-17-14(10-15)7-6-13-4-2-3-5-16(13)18(17)11-23-12-19(20,21)22/h2-5,8-10,18,23H,6-7,11-12H2,1H3. The first-order chi connectivity index (χ1) is 11.5. The van der Waals surface area contributed by atoms with Gasteiger partial charge in [-0.15, -0.1) is 0 Å². The van der Waals surface area contributed by atoms with Crippen molar-refractivity contribution in [1.82, 2.24) is 5.32 Å². The van der Waals surface area contributed by atoms with Crippen molar-refractivity contribution in [3.63, 3.8) is 0 Å². The molecular weight excluding hydrogens is 315 g/mol. The zero-order chi connectivity index (χ0) is 17.2. The summed E-state index contributed by atoms with van der Waals surface area (Å²) >= 11 is 0. The fraction of sp³-hybridized carbons (Fsp3) is 0.368. The summed E-state index contributed by atoms with van der Waals surface area (Å²) in [7, 11) is 1.62. The summed E-state index contributed by atoms with van der Waals surface area (Å²) in [5.41, 5.74) is 4.53. The van der Waals surface area contributed by atoms with Gasteiger partial charge in [-0.25, -0.2) is 0 Å². The van der Waals surface area contributed by atoms with Crippen LogP contribution in [-0.2, 0) is 12.8 Å². The van der Waals surface area contributed by atoms with Crippen molar-refractivity contribution in [2.24, 2.45) is 0 Å². The van der Waals surface area contributed by atoms with Gasteiger partial charge in [-0.2, -0.15) is 13.2 Å². The first-order valence-electron chi connectivity index (χ1n) is 8.00. The quantitative estimate of drug-likeness (QED) is 0.909. The third-order valence-electron chi connectivity index (χ3n) is 4.49. The van der Waals surface area contributed by atoms with E-state index in [9.17, 15) is 13.2 Å². The second kappa shape index (κ2) is 6.85. The number of methoxy groups -OCH3 is 1. The van der Waals surface area contributed by atoms with Gasteiger partial charge >= 0.3 is 6.18 Å². The van der Waals surface area contributed by atoms with Gasteiger partial charge < -0.3 is 10.1 Å². The predicted molar refractivity (Wildman–Crippen MR) is 87.6 cm³/mol. The Morgan fingerprint density at radius 2 is 1.75 bits per heavy atom. The van der Waals surface area contributed by atoms with E-state index >= 15 is 0 Å². The molecule has 0 spiro atoms. The Hall–Kier alpha value is -2.01. The third-order valence-corrected chi connectivity index (χ3v) is 4.49. The normalized spacial score (nSPS) is 16.9. The van der Waals surface area contributed by atoms with Crippen molar-refractivity contribution in [3.05, 3.63) is 64.7 Å². The van der Waals surface area contributed by atoms with Crippen LogP contribution in [0.15, 0.2) is 42.5 Å². The van der Waals surface area contributed by atoms with Gasteiger partial charge in [0.25, 0.3) is 0 Å². The highest BCUT2D eigenvalue weighted by molar-refractivity contribution is 5.47. The number of halogens is 3. The molecule has 2 aromatic carbocycles. The summed E-state index contributed by atoms with van der Waals surface area (Å²) in [6, 6.07) is 13.9. The number of hydrogen-bond acceptors (Lipinski definition) is 2. The molecule has 0 heterocycles. The van der Waals surface area contributed by atoms with Crippen LogP contribution in [0.5, 0.6) is 5.75 Å².